The lowest BCUT2D eigenvalue weighted by Gasteiger charge is -2.18. The minimum Gasteiger partial charge on any atom is -0.462 e. The second kappa shape index (κ2) is 66.7. The Kier molecular flexibility index (Phi) is 65.1. The number of hydrogen-bond donors (Lipinski definition) is 0. The third-order valence-electron chi connectivity index (χ3n) is 16.3. The molecular formula is C71H136O6. The molecule has 1 atom stereocenters. The van der Waals surface area contributed by atoms with E-state index in [9.17, 15) is 14.4 Å². The molecule has 0 bridgehead atoms. The van der Waals surface area contributed by atoms with E-state index in [1.54, 1.807) is 0 Å². The summed E-state index contributed by atoms with van der Waals surface area (Å²) in [5.74, 6) is -0.841. The monoisotopic (exact) mass is 1090 g/mol. The Morgan fingerprint density at radius 1 is 0.247 bits per heavy atom. The predicted molar refractivity (Wildman–Crippen MR) is 335 cm³/mol. The summed E-state index contributed by atoms with van der Waals surface area (Å²) in [4.78, 5) is 38.2. The molecule has 0 heterocycles. The van der Waals surface area contributed by atoms with Crippen molar-refractivity contribution < 1.29 is 28.6 Å². The third-order valence-corrected chi connectivity index (χ3v) is 16.3. The Morgan fingerprint density at radius 3 is 0.649 bits per heavy atom. The van der Waals surface area contributed by atoms with Gasteiger partial charge in [-0.3, -0.25) is 14.4 Å². The number of allylic oxidation sites excluding steroid dienone is 2. The maximum Gasteiger partial charge on any atom is 0.306 e. The molecule has 0 aromatic heterocycles. The molecule has 456 valence electrons. The normalized spacial score (nSPS) is 12.0. The van der Waals surface area contributed by atoms with Gasteiger partial charge in [-0.1, -0.05) is 354 Å². The molecule has 1 unspecified atom stereocenters. The smallest absolute Gasteiger partial charge is 0.306 e. The van der Waals surface area contributed by atoms with Crippen molar-refractivity contribution in [2.75, 3.05) is 13.2 Å². The zero-order valence-electron chi connectivity index (χ0n) is 52.5. The summed E-state index contributed by atoms with van der Waals surface area (Å²) in [6.45, 7) is 6.69. The number of unbranched alkanes of at least 4 members (excludes halogenated alkanes) is 53. The molecular weight excluding hydrogens is 949 g/mol. The molecule has 6 heteroatoms. The van der Waals surface area contributed by atoms with Crippen molar-refractivity contribution >= 4 is 17.9 Å². The number of ether oxygens (including phenoxy) is 3. The minimum atomic E-state index is -0.766. The molecule has 77 heavy (non-hydrogen) atoms. The highest BCUT2D eigenvalue weighted by Gasteiger charge is 2.19. The lowest BCUT2D eigenvalue weighted by Crippen LogP contribution is -2.30. The van der Waals surface area contributed by atoms with E-state index in [1.807, 2.05) is 0 Å². The molecule has 0 rings (SSSR count). The van der Waals surface area contributed by atoms with Gasteiger partial charge in [0.05, 0.1) is 0 Å². The van der Waals surface area contributed by atoms with Crippen molar-refractivity contribution in [2.24, 2.45) is 0 Å². The summed E-state index contributed by atoms with van der Waals surface area (Å²) in [6, 6.07) is 0. The molecule has 0 radical (unpaired) electrons. The number of carbonyl (C=O) groups is 3. The van der Waals surface area contributed by atoms with Gasteiger partial charge in [0.2, 0.25) is 0 Å². The summed E-state index contributed by atoms with van der Waals surface area (Å²) in [7, 11) is 0. The largest absolute Gasteiger partial charge is 0.462 e. The van der Waals surface area contributed by atoms with Crippen LogP contribution in [0.1, 0.15) is 406 Å². The number of hydrogen-bond acceptors (Lipinski definition) is 6. The molecule has 0 spiro atoms. The lowest BCUT2D eigenvalue weighted by atomic mass is 10.0. The van der Waals surface area contributed by atoms with E-state index < -0.39 is 6.10 Å². The van der Waals surface area contributed by atoms with E-state index in [1.165, 1.54) is 308 Å². The predicted octanol–water partition coefficient (Wildman–Crippen LogP) is 24.0. The highest BCUT2D eigenvalue weighted by molar-refractivity contribution is 5.71. The Hall–Kier alpha value is -1.85. The van der Waals surface area contributed by atoms with E-state index in [0.29, 0.717) is 19.3 Å². The van der Waals surface area contributed by atoms with E-state index in [2.05, 4.69) is 32.9 Å². The van der Waals surface area contributed by atoms with Crippen LogP contribution in [-0.2, 0) is 28.6 Å². The van der Waals surface area contributed by atoms with Crippen LogP contribution in [0.5, 0.6) is 0 Å². The van der Waals surface area contributed by atoms with Gasteiger partial charge in [0.15, 0.2) is 6.10 Å². The number of carbonyl (C=O) groups excluding carboxylic acids is 3. The topological polar surface area (TPSA) is 78.9 Å². The van der Waals surface area contributed by atoms with Crippen molar-refractivity contribution in [3.05, 3.63) is 12.2 Å². The Labute approximate surface area is 481 Å². The van der Waals surface area contributed by atoms with Crippen molar-refractivity contribution in [3.8, 4) is 0 Å². The second-order valence-corrected chi connectivity index (χ2v) is 24.2. The molecule has 0 aliphatic rings. The van der Waals surface area contributed by atoms with E-state index in [-0.39, 0.29) is 31.1 Å². The maximum atomic E-state index is 12.9. The van der Waals surface area contributed by atoms with Crippen molar-refractivity contribution in [3.63, 3.8) is 0 Å². The molecule has 6 nitrogen and oxygen atoms in total. The van der Waals surface area contributed by atoms with Gasteiger partial charge >= 0.3 is 17.9 Å². The van der Waals surface area contributed by atoms with Gasteiger partial charge < -0.3 is 14.2 Å². The minimum absolute atomic E-state index is 0.0647. The fourth-order valence-corrected chi connectivity index (χ4v) is 11.0. The molecule has 0 amide bonds. The molecule has 0 aliphatic carbocycles. The van der Waals surface area contributed by atoms with E-state index >= 15 is 0 Å². The SMILES string of the molecule is CCCCCCCCCC/C=C\CCCCCCCCCCCC(=O)OC(COC(=O)CCCCCCCCCC)COC(=O)CCCCCCCCCCCCCCCCCCCCCCCCCCCCCCCC. The van der Waals surface area contributed by atoms with Gasteiger partial charge in [0.25, 0.3) is 0 Å². The lowest BCUT2D eigenvalue weighted by molar-refractivity contribution is -0.167. The summed E-state index contributed by atoms with van der Waals surface area (Å²) in [5, 5.41) is 0. The van der Waals surface area contributed by atoms with Crippen molar-refractivity contribution in [2.45, 2.75) is 412 Å². The van der Waals surface area contributed by atoms with Crippen LogP contribution in [0.3, 0.4) is 0 Å². The van der Waals surface area contributed by atoms with Crippen LogP contribution in [-0.4, -0.2) is 37.2 Å². The highest BCUT2D eigenvalue weighted by Crippen LogP contribution is 2.19. The van der Waals surface area contributed by atoms with Crippen LogP contribution >= 0.6 is 0 Å². The quantitative estimate of drug-likeness (QED) is 0.0261. The second-order valence-electron chi connectivity index (χ2n) is 24.2. The zero-order chi connectivity index (χ0) is 55.7. The summed E-state index contributed by atoms with van der Waals surface area (Å²) < 4.78 is 16.9. The first-order valence-corrected chi connectivity index (χ1v) is 35.2. The number of esters is 3. The van der Waals surface area contributed by atoms with Crippen molar-refractivity contribution in [1.29, 1.82) is 0 Å². The molecule has 0 aliphatic heterocycles. The van der Waals surface area contributed by atoms with Crippen LogP contribution in [0.15, 0.2) is 12.2 Å². The first-order chi connectivity index (χ1) is 38.0. The van der Waals surface area contributed by atoms with Crippen LogP contribution in [0.2, 0.25) is 0 Å². The summed E-state index contributed by atoms with van der Waals surface area (Å²) in [5.41, 5.74) is 0. The molecule has 0 N–H and O–H groups in total. The maximum absolute atomic E-state index is 12.9. The Morgan fingerprint density at radius 2 is 0.429 bits per heavy atom. The zero-order valence-corrected chi connectivity index (χ0v) is 52.5. The van der Waals surface area contributed by atoms with Gasteiger partial charge in [-0.05, 0) is 44.9 Å². The molecule has 0 saturated carbocycles. The fraction of sp³-hybridized carbons (Fsp3) is 0.930. The van der Waals surface area contributed by atoms with Gasteiger partial charge in [-0.15, -0.1) is 0 Å². The standard InChI is InChI=1S/C71H136O6/c1-4-7-10-13-16-19-21-23-25-27-29-31-32-33-34-35-36-37-38-39-41-42-44-46-48-50-52-55-58-61-64-70(73)76-67-68(66-75-69(72)63-60-57-54-18-15-12-9-6-3)77-71(74)65-62-59-56-53-51-49-47-45-43-40-30-28-26-24-22-20-17-14-11-8-5-2/h28,30,68H,4-27,29,31-67H2,1-3H3/b30-28-. The van der Waals surface area contributed by atoms with E-state index in [4.69, 9.17) is 14.2 Å². The van der Waals surface area contributed by atoms with Gasteiger partial charge in [-0.2, -0.15) is 0 Å². The highest BCUT2D eigenvalue weighted by atomic mass is 16.6. The van der Waals surface area contributed by atoms with Gasteiger partial charge in [0.1, 0.15) is 13.2 Å². The van der Waals surface area contributed by atoms with Crippen LogP contribution < -0.4 is 0 Å². The third kappa shape index (κ3) is 64.9. The Bertz CT molecular complexity index is 1200. The van der Waals surface area contributed by atoms with E-state index in [0.717, 1.165) is 57.8 Å². The average Bonchev–Trinajstić information content (AvgIpc) is 3.43. The van der Waals surface area contributed by atoms with Crippen molar-refractivity contribution in [1.82, 2.24) is 0 Å². The average molecular weight is 1090 g/mol. The number of rotatable bonds is 66. The van der Waals surface area contributed by atoms with Crippen LogP contribution in [0.4, 0.5) is 0 Å². The van der Waals surface area contributed by atoms with Crippen LogP contribution in [0.25, 0.3) is 0 Å². The Balaban J connectivity index is 4.02. The fourth-order valence-electron chi connectivity index (χ4n) is 11.0. The first-order valence-electron chi connectivity index (χ1n) is 35.2. The molecule has 0 fully saturated rings. The van der Waals surface area contributed by atoms with Crippen LogP contribution in [0, 0.1) is 0 Å². The molecule has 0 aromatic rings. The first kappa shape index (κ1) is 75.2. The van der Waals surface area contributed by atoms with Gasteiger partial charge in [-0.25, -0.2) is 0 Å². The molecule has 0 aromatic carbocycles. The summed E-state index contributed by atoms with van der Waals surface area (Å²) >= 11 is 0. The van der Waals surface area contributed by atoms with Gasteiger partial charge in [0, 0.05) is 19.3 Å². The summed E-state index contributed by atoms with van der Waals surface area (Å²) in [6.07, 6.45) is 79.9. The molecule has 0 saturated heterocycles.